The van der Waals surface area contributed by atoms with Gasteiger partial charge in [0.05, 0.1) is 5.56 Å². The summed E-state index contributed by atoms with van der Waals surface area (Å²) in [6.07, 6.45) is -2.50. The quantitative estimate of drug-likeness (QED) is 0.861. The van der Waals surface area contributed by atoms with Gasteiger partial charge in [-0.3, -0.25) is 0 Å². The van der Waals surface area contributed by atoms with E-state index < -0.39 is 17.8 Å². The molecule has 0 atom stereocenters. The second kappa shape index (κ2) is 6.45. The number of urea groups is 1. The summed E-state index contributed by atoms with van der Waals surface area (Å²) in [5.41, 5.74) is -0.293. The van der Waals surface area contributed by atoms with Gasteiger partial charge in [0, 0.05) is 12.7 Å². The maximum absolute atomic E-state index is 12.9. The number of carbonyl (C=O) groups excluding carboxylic acids is 1. The van der Waals surface area contributed by atoms with Crippen molar-refractivity contribution in [3.8, 4) is 0 Å². The van der Waals surface area contributed by atoms with E-state index in [0.29, 0.717) is 12.8 Å². The summed E-state index contributed by atoms with van der Waals surface area (Å²) in [5.74, 6) is 0. The Hall–Kier alpha value is -1.72. The molecule has 1 rings (SSSR count). The van der Waals surface area contributed by atoms with Crippen LogP contribution < -0.4 is 10.6 Å². The lowest BCUT2D eigenvalue weighted by atomic mass is 10.0. The molecule has 0 aliphatic carbocycles. The Labute approximate surface area is 110 Å². The van der Waals surface area contributed by atoms with Crippen LogP contribution >= 0.6 is 0 Å². The van der Waals surface area contributed by atoms with Gasteiger partial charge in [-0.15, -0.1) is 0 Å². The van der Waals surface area contributed by atoms with Crippen molar-refractivity contribution in [1.29, 1.82) is 0 Å². The number of aryl methyl sites for hydroxylation is 1. The lowest BCUT2D eigenvalue weighted by Crippen LogP contribution is -2.24. The average Bonchev–Trinajstić information content (AvgIpc) is 2.35. The van der Waals surface area contributed by atoms with Crippen LogP contribution in [0.15, 0.2) is 18.2 Å². The minimum Gasteiger partial charge on any atom is -0.341 e. The van der Waals surface area contributed by atoms with Crippen molar-refractivity contribution in [2.75, 3.05) is 12.4 Å². The van der Waals surface area contributed by atoms with Gasteiger partial charge in [0.1, 0.15) is 0 Å². The first-order valence-electron chi connectivity index (χ1n) is 6.07. The summed E-state index contributed by atoms with van der Waals surface area (Å²) in [6, 6.07) is 3.33. The molecule has 6 heteroatoms. The molecule has 0 heterocycles. The van der Waals surface area contributed by atoms with Crippen molar-refractivity contribution in [1.82, 2.24) is 5.32 Å². The highest BCUT2D eigenvalue weighted by atomic mass is 19.4. The molecule has 106 valence electrons. The van der Waals surface area contributed by atoms with Gasteiger partial charge in [-0.1, -0.05) is 19.4 Å². The first kappa shape index (κ1) is 15.3. The molecule has 0 saturated heterocycles. The van der Waals surface area contributed by atoms with Gasteiger partial charge in [-0.25, -0.2) is 4.79 Å². The van der Waals surface area contributed by atoms with Crippen LogP contribution in [0, 0.1) is 0 Å². The Morgan fingerprint density at radius 1 is 1.32 bits per heavy atom. The van der Waals surface area contributed by atoms with E-state index in [2.05, 4.69) is 10.6 Å². The van der Waals surface area contributed by atoms with E-state index >= 15 is 0 Å². The average molecular weight is 274 g/mol. The van der Waals surface area contributed by atoms with Gasteiger partial charge in [-0.05, 0) is 30.5 Å². The van der Waals surface area contributed by atoms with Gasteiger partial charge >= 0.3 is 12.2 Å². The van der Waals surface area contributed by atoms with Crippen molar-refractivity contribution in [3.63, 3.8) is 0 Å². The van der Waals surface area contributed by atoms with Crippen molar-refractivity contribution in [2.24, 2.45) is 0 Å². The minimum atomic E-state index is -4.41. The van der Waals surface area contributed by atoms with E-state index in [0.717, 1.165) is 12.5 Å². The minimum absolute atomic E-state index is 0.131. The maximum Gasteiger partial charge on any atom is 0.416 e. The van der Waals surface area contributed by atoms with E-state index in [1.54, 1.807) is 0 Å². The third-order valence-corrected chi connectivity index (χ3v) is 2.70. The highest BCUT2D eigenvalue weighted by molar-refractivity contribution is 5.89. The van der Waals surface area contributed by atoms with Gasteiger partial charge in [0.15, 0.2) is 0 Å². The number of unbranched alkanes of at least 4 members (excludes halogenated alkanes) is 1. The van der Waals surface area contributed by atoms with Crippen molar-refractivity contribution < 1.29 is 18.0 Å². The maximum atomic E-state index is 12.9. The number of hydrogen-bond acceptors (Lipinski definition) is 1. The molecule has 0 aliphatic rings. The fraction of sp³-hybridized carbons (Fsp3) is 0.462. The number of alkyl halides is 3. The van der Waals surface area contributed by atoms with Crippen LogP contribution in [0.4, 0.5) is 23.7 Å². The Kier molecular flexibility index (Phi) is 5.20. The highest BCUT2D eigenvalue weighted by Crippen LogP contribution is 2.34. The van der Waals surface area contributed by atoms with Crippen LogP contribution in [0.3, 0.4) is 0 Å². The Bertz CT molecular complexity index is 444. The zero-order valence-electron chi connectivity index (χ0n) is 10.9. The highest BCUT2D eigenvalue weighted by Gasteiger charge is 2.33. The number of rotatable bonds is 4. The molecular weight excluding hydrogens is 257 g/mol. The smallest absolute Gasteiger partial charge is 0.341 e. The van der Waals surface area contributed by atoms with Crippen LogP contribution in [0.5, 0.6) is 0 Å². The van der Waals surface area contributed by atoms with Crippen LogP contribution in [0.2, 0.25) is 0 Å². The van der Waals surface area contributed by atoms with Gasteiger partial charge in [-0.2, -0.15) is 13.2 Å². The molecule has 0 saturated carbocycles. The van der Waals surface area contributed by atoms with Gasteiger partial charge in [0.25, 0.3) is 0 Å². The van der Waals surface area contributed by atoms with E-state index in [9.17, 15) is 18.0 Å². The molecule has 2 amide bonds. The third-order valence-electron chi connectivity index (χ3n) is 2.70. The largest absolute Gasteiger partial charge is 0.416 e. The zero-order valence-corrected chi connectivity index (χ0v) is 10.9. The van der Waals surface area contributed by atoms with E-state index in [1.165, 1.54) is 19.2 Å². The van der Waals surface area contributed by atoms with Crippen molar-refractivity contribution in [3.05, 3.63) is 29.3 Å². The van der Waals surface area contributed by atoms with E-state index in [4.69, 9.17) is 0 Å². The lowest BCUT2D eigenvalue weighted by Gasteiger charge is -2.15. The molecular formula is C13H17F3N2O. The number of anilines is 1. The molecule has 0 spiro atoms. The molecule has 1 aromatic carbocycles. The Morgan fingerprint density at radius 3 is 2.53 bits per heavy atom. The van der Waals surface area contributed by atoms with Crippen LogP contribution in [0.25, 0.3) is 0 Å². The number of benzene rings is 1. The number of amides is 2. The molecule has 0 fully saturated rings. The second-order valence-electron chi connectivity index (χ2n) is 4.18. The Balaban J connectivity index is 3.05. The normalized spacial score (nSPS) is 11.2. The summed E-state index contributed by atoms with van der Waals surface area (Å²) in [7, 11) is 1.40. The standard InChI is InChI=1S/C13H17F3N2O/c1-3-4-5-9-6-7-10(18-12(19)17-2)8-11(9)13(14,15)16/h6-8H,3-5H2,1-2H3,(H2,17,18,19). The molecule has 0 radical (unpaired) electrons. The number of hydrogen-bond donors (Lipinski definition) is 2. The molecule has 19 heavy (non-hydrogen) atoms. The molecule has 2 N–H and O–H groups in total. The monoisotopic (exact) mass is 274 g/mol. The number of halogens is 3. The van der Waals surface area contributed by atoms with Gasteiger partial charge < -0.3 is 10.6 Å². The number of carbonyl (C=O) groups is 1. The topological polar surface area (TPSA) is 41.1 Å². The molecule has 0 aromatic heterocycles. The predicted octanol–water partition coefficient (Wildman–Crippen LogP) is 3.80. The molecule has 3 nitrogen and oxygen atoms in total. The number of nitrogens with one attached hydrogen (secondary N) is 2. The first-order valence-corrected chi connectivity index (χ1v) is 6.07. The fourth-order valence-electron chi connectivity index (χ4n) is 1.70. The molecule has 0 unspecified atom stereocenters. The second-order valence-corrected chi connectivity index (χ2v) is 4.18. The van der Waals surface area contributed by atoms with E-state index in [1.807, 2.05) is 6.92 Å². The SMILES string of the molecule is CCCCc1ccc(NC(=O)NC)cc1C(F)(F)F. The fourth-order valence-corrected chi connectivity index (χ4v) is 1.70. The summed E-state index contributed by atoms with van der Waals surface area (Å²) in [5, 5.41) is 4.63. The van der Waals surface area contributed by atoms with Crippen LogP contribution in [-0.2, 0) is 12.6 Å². The Morgan fingerprint density at radius 2 is 2.00 bits per heavy atom. The summed E-state index contributed by atoms with van der Waals surface area (Å²) in [4.78, 5) is 11.1. The molecule has 1 aromatic rings. The lowest BCUT2D eigenvalue weighted by molar-refractivity contribution is -0.138. The van der Waals surface area contributed by atoms with Crippen molar-refractivity contribution >= 4 is 11.7 Å². The van der Waals surface area contributed by atoms with Crippen LogP contribution in [-0.4, -0.2) is 13.1 Å². The van der Waals surface area contributed by atoms with Gasteiger partial charge in [0.2, 0.25) is 0 Å². The summed E-state index contributed by atoms with van der Waals surface area (Å²) >= 11 is 0. The van der Waals surface area contributed by atoms with Crippen molar-refractivity contribution in [2.45, 2.75) is 32.4 Å². The third kappa shape index (κ3) is 4.46. The molecule has 0 bridgehead atoms. The molecule has 0 aliphatic heterocycles. The first-order chi connectivity index (χ1) is 8.88. The summed E-state index contributed by atoms with van der Waals surface area (Å²) < 4.78 is 38.8. The van der Waals surface area contributed by atoms with E-state index in [-0.39, 0.29) is 11.3 Å². The zero-order chi connectivity index (χ0) is 14.5. The predicted molar refractivity (Wildman–Crippen MR) is 68.1 cm³/mol. The summed E-state index contributed by atoms with van der Waals surface area (Å²) in [6.45, 7) is 1.93. The van der Waals surface area contributed by atoms with Crippen LogP contribution in [0.1, 0.15) is 30.9 Å².